The molecule has 9 heteroatoms. The number of rotatable bonds is 12. The number of hydrogen-bond acceptors (Lipinski definition) is 6. The van der Waals surface area contributed by atoms with Crippen molar-refractivity contribution >= 4 is 18.0 Å². The molecule has 4 saturated carbocycles. The zero-order chi connectivity index (χ0) is 25.9. The van der Waals surface area contributed by atoms with E-state index in [1.54, 1.807) is 20.8 Å². The second-order valence-electron chi connectivity index (χ2n) is 12.6. The second-order valence-corrected chi connectivity index (χ2v) is 12.6. The van der Waals surface area contributed by atoms with Crippen molar-refractivity contribution in [2.45, 2.75) is 121 Å². The zero-order valence-corrected chi connectivity index (χ0v) is 22.2. The molecule has 0 saturated heterocycles. The molecule has 0 radical (unpaired) electrons. The van der Waals surface area contributed by atoms with Gasteiger partial charge in [-0.15, -0.1) is 0 Å². The summed E-state index contributed by atoms with van der Waals surface area (Å²) in [5, 5.41) is 22.1. The molecule has 4 aliphatic rings. The summed E-state index contributed by atoms with van der Waals surface area (Å²) in [5.74, 6) is -0.0511. The third-order valence-electron chi connectivity index (χ3n) is 7.54. The first-order valence-electron chi connectivity index (χ1n) is 13.3. The van der Waals surface area contributed by atoms with E-state index in [-0.39, 0.29) is 23.5 Å². The standard InChI is InChI=1S/C26H46N4O5/c1-17(2)27-9-7-6-8-20(29-23(34)35-24(3,4)5)22(33)30-26-13-18-10-19(14-26)12-25(11-18,16-26)28-15-21(31)32/h17-20,27-28H,6-16H2,1-5H3,(H,29,34)(H,30,33)(H,31,32)/t18-,19+,20-,25?,26?/m0/s1. The Hall–Kier alpha value is -1.87. The predicted octanol–water partition coefficient (Wildman–Crippen LogP) is 2.93. The van der Waals surface area contributed by atoms with Crippen LogP contribution in [0.25, 0.3) is 0 Å². The Kier molecular flexibility index (Phi) is 8.73. The Balaban J connectivity index is 1.66. The summed E-state index contributed by atoms with van der Waals surface area (Å²) in [7, 11) is 0. The van der Waals surface area contributed by atoms with Crippen molar-refractivity contribution < 1.29 is 24.2 Å². The number of nitrogens with one attached hydrogen (secondary N) is 4. The van der Waals surface area contributed by atoms with E-state index < -0.39 is 23.7 Å². The quantitative estimate of drug-likeness (QED) is 0.264. The van der Waals surface area contributed by atoms with Crippen LogP contribution >= 0.6 is 0 Å². The predicted molar refractivity (Wildman–Crippen MR) is 134 cm³/mol. The zero-order valence-electron chi connectivity index (χ0n) is 22.2. The molecule has 0 aliphatic heterocycles. The van der Waals surface area contributed by atoms with Crippen LogP contribution in [0, 0.1) is 11.8 Å². The molecule has 4 rings (SSSR count). The van der Waals surface area contributed by atoms with Crippen molar-refractivity contribution in [3.8, 4) is 0 Å². The van der Waals surface area contributed by atoms with Crippen molar-refractivity contribution in [2.75, 3.05) is 13.1 Å². The molecule has 0 heterocycles. The molecular weight excluding hydrogens is 448 g/mol. The highest BCUT2D eigenvalue weighted by Crippen LogP contribution is 2.57. The minimum Gasteiger partial charge on any atom is -0.480 e. The van der Waals surface area contributed by atoms with Gasteiger partial charge < -0.3 is 31.1 Å². The number of aliphatic carboxylic acids is 1. The van der Waals surface area contributed by atoms with Crippen molar-refractivity contribution in [3.63, 3.8) is 0 Å². The van der Waals surface area contributed by atoms with Crippen LogP contribution in [0.1, 0.15) is 92.4 Å². The van der Waals surface area contributed by atoms with Crippen molar-refractivity contribution in [1.82, 2.24) is 21.3 Å². The number of unbranched alkanes of at least 4 members (excludes halogenated alkanes) is 1. The molecule has 0 aromatic rings. The number of carbonyl (C=O) groups excluding carboxylic acids is 2. The van der Waals surface area contributed by atoms with Crippen LogP contribution in [0.15, 0.2) is 0 Å². The summed E-state index contributed by atoms with van der Waals surface area (Å²) < 4.78 is 5.43. The Bertz CT molecular complexity index is 764. The van der Waals surface area contributed by atoms with Crippen LogP contribution in [0.5, 0.6) is 0 Å². The third kappa shape index (κ3) is 8.07. The molecule has 4 bridgehead atoms. The van der Waals surface area contributed by atoms with Crippen LogP contribution in [0.4, 0.5) is 4.79 Å². The molecule has 35 heavy (non-hydrogen) atoms. The van der Waals surface area contributed by atoms with Gasteiger partial charge in [0.05, 0.1) is 6.54 Å². The lowest BCUT2D eigenvalue weighted by molar-refractivity contribution is -0.139. The molecule has 0 spiro atoms. The number of carboxylic acids is 1. The highest BCUT2D eigenvalue weighted by molar-refractivity contribution is 5.86. The highest BCUT2D eigenvalue weighted by atomic mass is 16.6. The van der Waals surface area contributed by atoms with E-state index in [4.69, 9.17) is 4.74 Å². The minimum absolute atomic E-state index is 0.0588. The number of carbonyl (C=O) groups is 3. The van der Waals surface area contributed by atoms with Gasteiger partial charge in [0.2, 0.25) is 5.91 Å². The van der Waals surface area contributed by atoms with Gasteiger partial charge in [-0.25, -0.2) is 4.79 Å². The third-order valence-corrected chi connectivity index (χ3v) is 7.54. The normalized spacial score (nSPS) is 30.2. The molecular formula is C26H46N4O5. The number of ether oxygens (including phenoxy) is 1. The van der Waals surface area contributed by atoms with Crippen LogP contribution in [0.3, 0.4) is 0 Å². The lowest BCUT2D eigenvalue weighted by atomic mass is 9.50. The molecule has 0 aromatic carbocycles. The molecule has 9 nitrogen and oxygen atoms in total. The molecule has 5 N–H and O–H groups in total. The second kappa shape index (κ2) is 11.0. The first-order valence-corrected chi connectivity index (χ1v) is 13.3. The maximum atomic E-state index is 13.6. The van der Waals surface area contributed by atoms with E-state index in [0.29, 0.717) is 24.3 Å². The van der Waals surface area contributed by atoms with Gasteiger partial charge in [-0.2, -0.15) is 0 Å². The molecule has 4 fully saturated rings. The summed E-state index contributed by atoms with van der Waals surface area (Å²) in [6.07, 6.45) is 7.34. The average Bonchev–Trinajstić information content (AvgIpc) is 2.68. The van der Waals surface area contributed by atoms with Crippen molar-refractivity contribution in [1.29, 1.82) is 0 Å². The monoisotopic (exact) mass is 494 g/mol. The van der Waals surface area contributed by atoms with Gasteiger partial charge in [0.15, 0.2) is 0 Å². The summed E-state index contributed by atoms with van der Waals surface area (Å²) >= 11 is 0. The fourth-order valence-corrected chi connectivity index (χ4v) is 6.81. The fourth-order valence-electron chi connectivity index (χ4n) is 6.81. The molecule has 2 amide bonds. The van der Waals surface area contributed by atoms with E-state index in [1.165, 1.54) is 0 Å². The van der Waals surface area contributed by atoms with E-state index >= 15 is 0 Å². The number of alkyl carbamates (subject to hydrolysis) is 1. The van der Waals surface area contributed by atoms with Gasteiger partial charge in [0.25, 0.3) is 0 Å². The molecule has 0 aromatic heterocycles. The number of amides is 2. The van der Waals surface area contributed by atoms with Crippen molar-refractivity contribution in [3.05, 3.63) is 0 Å². The Morgan fingerprint density at radius 2 is 1.66 bits per heavy atom. The summed E-state index contributed by atoms with van der Waals surface area (Å²) in [6.45, 7) is 10.4. The lowest BCUT2D eigenvalue weighted by Crippen LogP contribution is -2.70. The average molecular weight is 495 g/mol. The smallest absolute Gasteiger partial charge is 0.408 e. The van der Waals surface area contributed by atoms with Crippen LogP contribution in [-0.2, 0) is 14.3 Å². The van der Waals surface area contributed by atoms with Gasteiger partial charge in [0, 0.05) is 17.1 Å². The summed E-state index contributed by atoms with van der Waals surface area (Å²) in [5.41, 5.74) is -1.22. The number of hydrogen-bond donors (Lipinski definition) is 5. The van der Waals surface area contributed by atoms with E-state index in [0.717, 1.165) is 57.9 Å². The topological polar surface area (TPSA) is 129 Å². The highest BCUT2D eigenvalue weighted by Gasteiger charge is 2.58. The van der Waals surface area contributed by atoms with Gasteiger partial charge >= 0.3 is 12.1 Å². The largest absolute Gasteiger partial charge is 0.480 e. The molecule has 4 aliphatic carbocycles. The maximum Gasteiger partial charge on any atom is 0.408 e. The Labute approximate surface area is 209 Å². The Morgan fingerprint density at radius 3 is 2.23 bits per heavy atom. The summed E-state index contributed by atoms with van der Waals surface area (Å²) in [4.78, 5) is 37.3. The number of carboxylic acid groups (broad SMARTS) is 1. The van der Waals surface area contributed by atoms with E-state index in [1.807, 2.05) is 0 Å². The Morgan fingerprint density at radius 1 is 1.03 bits per heavy atom. The SMILES string of the molecule is CC(C)NCCCC[C@H](NC(=O)OC(C)(C)C)C(=O)NC12C[C@@H]3C[C@@H](CC(NCC(=O)O)(C3)C1)C2. The first kappa shape index (κ1) is 27.7. The van der Waals surface area contributed by atoms with Crippen molar-refractivity contribution in [2.24, 2.45) is 11.8 Å². The van der Waals surface area contributed by atoms with Gasteiger partial charge in [-0.3, -0.25) is 9.59 Å². The lowest BCUT2D eigenvalue weighted by Gasteiger charge is -2.62. The molecule has 200 valence electrons. The van der Waals surface area contributed by atoms with E-state index in [2.05, 4.69) is 35.1 Å². The fraction of sp³-hybridized carbons (Fsp3) is 0.885. The van der Waals surface area contributed by atoms with Gasteiger partial charge in [-0.1, -0.05) is 13.8 Å². The van der Waals surface area contributed by atoms with Crippen LogP contribution in [0.2, 0.25) is 0 Å². The minimum atomic E-state index is -0.854. The van der Waals surface area contributed by atoms with Gasteiger partial charge in [-0.05, 0) is 96.9 Å². The summed E-state index contributed by atoms with van der Waals surface area (Å²) in [6, 6.07) is -0.257. The van der Waals surface area contributed by atoms with Gasteiger partial charge in [0.1, 0.15) is 11.6 Å². The van der Waals surface area contributed by atoms with E-state index in [9.17, 15) is 19.5 Å². The molecule has 2 unspecified atom stereocenters. The molecule has 5 atom stereocenters. The van der Waals surface area contributed by atoms with Crippen LogP contribution in [-0.4, -0.2) is 64.9 Å². The maximum absolute atomic E-state index is 13.6. The first-order chi connectivity index (χ1) is 16.3. The van der Waals surface area contributed by atoms with Crippen LogP contribution < -0.4 is 21.3 Å².